The van der Waals surface area contributed by atoms with Crippen molar-refractivity contribution in [3.63, 3.8) is 0 Å². The largest absolute Gasteiger partial charge is 0.483 e. The number of amides is 1. The van der Waals surface area contributed by atoms with Gasteiger partial charge in [0.2, 0.25) is 0 Å². The van der Waals surface area contributed by atoms with Gasteiger partial charge in [0.05, 0.1) is 11.3 Å². The molecule has 2 aromatic carbocycles. The van der Waals surface area contributed by atoms with E-state index in [9.17, 15) is 18.0 Å². The van der Waals surface area contributed by atoms with E-state index in [1.165, 1.54) is 18.2 Å². The molecular weight excluding hydrogens is 331 g/mol. The van der Waals surface area contributed by atoms with Gasteiger partial charge in [-0.2, -0.15) is 13.2 Å². The SMILES string of the molecule is Cc1cc(Cl)ccc1OCC(=O)Nc1ccccc1C(F)(F)F. The molecule has 7 heteroatoms. The molecule has 0 aromatic heterocycles. The molecule has 0 spiro atoms. The first-order valence-corrected chi connectivity index (χ1v) is 7.00. The summed E-state index contributed by atoms with van der Waals surface area (Å²) >= 11 is 5.81. The zero-order chi connectivity index (χ0) is 17.0. The summed E-state index contributed by atoms with van der Waals surface area (Å²) < 4.78 is 43.8. The Bertz CT molecular complexity index is 717. The smallest absolute Gasteiger partial charge is 0.418 e. The molecule has 0 aliphatic carbocycles. The monoisotopic (exact) mass is 343 g/mol. The Morgan fingerprint density at radius 2 is 1.91 bits per heavy atom. The lowest BCUT2D eigenvalue weighted by Crippen LogP contribution is -2.22. The molecule has 0 aliphatic rings. The Morgan fingerprint density at radius 3 is 2.57 bits per heavy atom. The number of aryl methyl sites for hydroxylation is 1. The van der Waals surface area contributed by atoms with Crippen molar-refractivity contribution in [2.24, 2.45) is 0 Å². The summed E-state index contributed by atoms with van der Waals surface area (Å²) in [6.07, 6.45) is -4.54. The lowest BCUT2D eigenvalue weighted by atomic mass is 10.1. The van der Waals surface area contributed by atoms with Crippen molar-refractivity contribution in [1.82, 2.24) is 0 Å². The van der Waals surface area contributed by atoms with Crippen LogP contribution in [0.1, 0.15) is 11.1 Å². The van der Waals surface area contributed by atoms with Gasteiger partial charge in [-0.15, -0.1) is 0 Å². The van der Waals surface area contributed by atoms with Crippen molar-refractivity contribution < 1.29 is 22.7 Å². The quantitative estimate of drug-likeness (QED) is 0.875. The highest BCUT2D eigenvalue weighted by Gasteiger charge is 2.33. The first-order valence-electron chi connectivity index (χ1n) is 6.62. The molecule has 0 bridgehead atoms. The van der Waals surface area contributed by atoms with Crippen LogP contribution < -0.4 is 10.1 Å². The van der Waals surface area contributed by atoms with Crippen molar-refractivity contribution in [2.75, 3.05) is 11.9 Å². The molecule has 0 unspecified atom stereocenters. The normalized spacial score (nSPS) is 11.2. The van der Waals surface area contributed by atoms with Crippen molar-refractivity contribution in [3.05, 3.63) is 58.6 Å². The van der Waals surface area contributed by atoms with Crippen LogP contribution in [0.3, 0.4) is 0 Å². The average molecular weight is 344 g/mol. The van der Waals surface area contributed by atoms with Gasteiger partial charge >= 0.3 is 6.18 Å². The van der Waals surface area contributed by atoms with Crippen LogP contribution in [0.5, 0.6) is 5.75 Å². The molecule has 0 heterocycles. The maximum Gasteiger partial charge on any atom is 0.418 e. The fourth-order valence-corrected chi connectivity index (χ4v) is 2.17. The van der Waals surface area contributed by atoms with E-state index in [1.54, 1.807) is 25.1 Å². The lowest BCUT2D eigenvalue weighted by Gasteiger charge is -2.14. The highest BCUT2D eigenvalue weighted by molar-refractivity contribution is 6.30. The molecule has 0 aliphatic heterocycles. The zero-order valence-electron chi connectivity index (χ0n) is 12.1. The van der Waals surface area contributed by atoms with Crippen molar-refractivity contribution >= 4 is 23.2 Å². The molecule has 0 radical (unpaired) electrons. The molecule has 122 valence electrons. The molecular formula is C16H13ClF3NO2. The second-order valence-electron chi connectivity index (χ2n) is 4.79. The van der Waals surface area contributed by atoms with E-state index in [2.05, 4.69) is 5.32 Å². The van der Waals surface area contributed by atoms with E-state index in [0.29, 0.717) is 10.8 Å². The fourth-order valence-electron chi connectivity index (χ4n) is 1.94. The van der Waals surface area contributed by atoms with E-state index < -0.39 is 24.3 Å². The molecule has 1 N–H and O–H groups in total. The predicted molar refractivity (Wildman–Crippen MR) is 81.8 cm³/mol. The second kappa shape index (κ2) is 6.91. The van der Waals surface area contributed by atoms with E-state index in [4.69, 9.17) is 16.3 Å². The molecule has 23 heavy (non-hydrogen) atoms. The Balaban J connectivity index is 2.03. The predicted octanol–water partition coefficient (Wildman–Crippen LogP) is 4.68. The number of para-hydroxylation sites is 1. The van der Waals surface area contributed by atoms with Crippen LogP contribution in [0.2, 0.25) is 5.02 Å². The number of halogens is 4. The van der Waals surface area contributed by atoms with Crippen LogP contribution in [-0.4, -0.2) is 12.5 Å². The van der Waals surface area contributed by atoms with Gasteiger partial charge < -0.3 is 10.1 Å². The third-order valence-corrected chi connectivity index (χ3v) is 3.24. The number of hydrogen-bond acceptors (Lipinski definition) is 2. The van der Waals surface area contributed by atoms with Crippen LogP contribution in [0.25, 0.3) is 0 Å². The maximum absolute atomic E-state index is 12.8. The van der Waals surface area contributed by atoms with Gasteiger partial charge in [0.15, 0.2) is 6.61 Å². The van der Waals surface area contributed by atoms with Gasteiger partial charge in [0, 0.05) is 5.02 Å². The van der Waals surface area contributed by atoms with Crippen LogP contribution in [0.4, 0.5) is 18.9 Å². The van der Waals surface area contributed by atoms with Crippen LogP contribution in [-0.2, 0) is 11.0 Å². The Kier molecular flexibility index (Phi) is 5.15. The minimum absolute atomic E-state index is 0.304. The third-order valence-electron chi connectivity index (χ3n) is 3.00. The molecule has 0 fully saturated rings. The third kappa shape index (κ3) is 4.63. The first kappa shape index (κ1) is 17.1. The minimum Gasteiger partial charge on any atom is -0.483 e. The lowest BCUT2D eigenvalue weighted by molar-refractivity contribution is -0.137. The highest BCUT2D eigenvalue weighted by atomic mass is 35.5. The molecule has 0 saturated heterocycles. The van der Waals surface area contributed by atoms with Crippen LogP contribution in [0, 0.1) is 6.92 Å². The summed E-state index contributed by atoms with van der Waals surface area (Å²) in [5.74, 6) is -0.246. The summed E-state index contributed by atoms with van der Waals surface area (Å²) in [7, 11) is 0. The van der Waals surface area contributed by atoms with Gasteiger partial charge in [-0.05, 0) is 42.8 Å². The topological polar surface area (TPSA) is 38.3 Å². The summed E-state index contributed by atoms with van der Waals surface area (Å²) in [5.41, 5.74) is -0.488. The highest BCUT2D eigenvalue weighted by Crippen LogP contribution is 2.34. The molecule has 3 nitrogen and oxygen atoms in total. The van der Waals surface area contributed by atoms with Gasteiger partial charge in [-0.1, -0.05) is 23.7 Å². The van der Waals surface area contributed by atoms with Gasteiger partial charge in [0.25, 0.3) is 5.91 Å². The molecule has 0 atom stereocenters. The average Bonchev–Trinajstić information content (AvgIpc) is 2.46. The number of benzene rings is 2. The summed E-state index contributed by atoms with van der Waals surface area (Å²) in [5, 5.41) is 2.73. The van der Waals surface area contributed by atoms with Crippen molar-refractivity contribution in [2.45, 2.75) is 13.1 Å². The first-order chi connectivity index (χ1) is 10.8. The Morgan fingerprint density at radius 1 is 1.22 bits per heavy atom. The molecule has 2 aromatic rings. The van der Waals surface area contributed by atoms with Gasteiger partial charge in [-0.3, -0.25) is 4.79 Å². The molecule has 0 saturated carbocycles. The fraction of sp³-hybridized carbons (Fsp3) is 0.188. The zero-order valence-corrected chi connectivity index (χ0v) is 12.8. The van der Waals surface area contributed by atoms with Crippen molar-refractivity contribution in [1.29, 1.82) is 0 Å². The second-order valence-corrected chi connectivity index (χ2v) is 5.23. The summed E-state index contributed by atoms with van der Waals surface area (Å²) in [6, 6.07) is 9.61. The minimum atomic E-state index is -4.54. The Hall–Kier alpha value is -2.21. The number of alkyl halides is 3. The van der Waals surface area contributed by atoms with E-state index in [1.807, 2.05) is 0 Å². The number of anilines is 1. The van der Waals surface area contributed by atoms with E-state index >= 15 is 0 Å². The number of carbonyl (C=O) groups excluding carboxylic acids is 1. The summed E-state index contributed by atoms with van der Waals surface area (Å²) in [4.78, 5) is 11.8. The molecule has 1 amide bonds. The molecule has 2 rings (SSSR count). The summed E-state index contributed by atoms with van der Waals surface area (Å²) in [6.45, 7) is 1.34. The van der Waals surface area contributed by atoms with E-state index in [0.717, 1.165) is 11.6 Å². The number of hydrogen-bond donors (Lipinski definition) is 1. The van der Waals surface area contributed by atoms with Gasteiger partial charge in [-0.25, -0.2) is 0 Å². The maximum atomic E-state index is 12.8. The number of rotatable bonds is 4. The standard InChI is InChI=1S/C16H13ClF3NO2/c1-10-8-11(17)6-7-14(10)23-9-15(22)21-13-5-3-2-4-12(13)16(18,19)20/h2-8H,9H2,1H3,(H,21,22). The van der Waals surface area contributed by atoms with Gasteiger partial charge in [0.1, 0.15) is 5.75 Å². The van der Waals surface area contributed by atoms with E-state index in [-0.39, 0.29) is 5.69 Å². The number of nitrogens with one attached hydrogen (secondary N) is 1. The number of ether oxygens (including phenoxy) is 1. The Labute approximate surface area is 136 Å². The van der Waals surface area contributed by atoms with Crippen LogP contribution >= 0.6 is 11.6 Å². The van der Waals surface area contributed by atoms with Crippen LogP contribution in [0.15, 0.2) is 42.5 Å². The van der Waals surface area contributed by atoms with Crippen molar-refractivity contribution in [3.8, 4) is 5.75 Å². The number of carbonyl (C=O) groups is 1.